The summed E-state index contributed by atoms with van der Waals surface area (Å²) in [6, 6.07) is 8.61. The number of unbranched alkanes of at least 4 members (excludes halogenated alkanes) is 2. The van der Waals surface area contributed by atoms with Gasteiger partial charge in [0.2, 0.25) is 0 Å². The molecule has 0 bridgehead atoms. The van der Waals surface area contributed by atoms with Crippen molar-refractivity contribution in [1.82, 2.24) is 10.6 Å². The first-order valence-electron chi connectivity index (χ1n) is 10.6. The van der Waals surface area contributed by atoms with Gasteiger partial charge in [0.05, 0.1) is 22.3 Å². The summed E-state index contributed by atoms with van der Waals surface area (Å²) in [6.07, 6.45) is 3.29. The highest BCUT2D eigenvalue weighted by atomic mass is 16.4. The fraction of sp³-hybridized carbons (Fsp3) is 0.333. The van der Waals surface area contributed by atoms with Crippen molar-refractivity contribution in [3.63, 3.8) is 0 Å². The highest BCUT2D eigenvalue weighted by Gasteiger charge is 2.20. The van der Waals surface area contributed by atoms with Crippen molar-refractivity contribution in [1.29, 1.82) is 0 Å². The van der Waals surface area contributed by atoms with Gasteiger partial charge in [0.1, 0.15) is 0 Å². The van der Waals surface area contributed by atoms with E-state index in [4.69, 9.17) is 0 Å². The minimum atomic E-state index is -1.23. The average molecular weight is 440 g/mol. The number of carbonyl (C=O) groups is 4. The topological polar surface area (TPSA) is 133 Å². The standard InChI is InChI=1S/C24H28N2O6/c1-3-5-11-25-21(27)19-13-15(7-9-17(19)23(29)30)16-8-10-18(24(31)32)20(14-16)22(28)26-12-6-4-2/h7-10,13-14H,3-6,11-12H2,1-2H3,(H,25,27)(H,26,28)(H,29,30)(H,31,32). The van der Waals surface area contributed by atoms with Crippen LogP contribution in [0.25, 0.3) is 11.1 Å². The highest BCUT2D eigenvalue weighted by molar-refractivity contribution is 6.07. The van der Waals surface area contributed by atoms with E-state index in [-0.39, 0.29) is 22.3 Å². The van der Waals surface area contributed by atoms with Crippen molar-refractivity contribution in [3.8, 4) is 11.1 Å². The Balaban J connectivity index is 2.47. The highest BCUT2D eigenvalue weighted by Crippen LogP contribution is 2.26. The van der Waals surface area contributed by atoms with Gasteiger partial charge in [0.25, 0.3) is 11.8 Å². The predicted octanol–water partition coefficient (Wildman–Crippen LogP) is 3.81. The summed E-state index contributed by atoms with van der Waals surface area (Å²) in [4.78, 5) is 48.3. The molecule has 0 spiro atoms. The smallest absolute Gasteiger partial charge is 0.336 e. The summed E-state index contributed by atoms with van der Waals surface area (Å²) in [7, 11) is 0. The number of carbonyl (C=O) groups excluding carboxylic acids is 2. The number of nitrogens with one attached hydrogen (secondary N) is 2. The normalized spacial score (nSPS) is 10.4. The Kier molecular flexibility index (Phi) is 8.95. The zero-order valence-electron chi connectivity index (χ0n) is 18.2. The Morgan fingerprint density at radius 3 is 1.34 bits per heavy atom. The maximum atomic E-state index is 12.6. The molecule has 2 amide bonds. The Morgan fingerprint density at radius 2 is 1.03 bits per heavy atom. The number of carboxylic acids is 2. The van der Waals surface area contributed by atoms with E-state index in [1.54, 1.807) is 0 Å². The average Bonchev–Trinajstić information content (AvgIpc) is 2.78. The summed E-state index contributed by atoms with van der Waals surface area (Å²) in [6.45, 7) is 4.81. The van der Waals surface area contributed by atoms with Crippen molar-refractivity contribution < 1.29 is 29.4 Å². The lowest BCUT2D eigenvalue weighted by Crippen LogP contribution is -2.26. The Morgan fingerprint density at radius 1 is 0.656 bits per heavy atom. The van der Waals surface area contributed by atoms with Gasteiger partial charge in [0.15, 0.2) is 0 Å². The van der Waals surface area contributed by atoms with E-state index in [2.05, 4.69) is 10.6 Å². The number of carboxylic acid groups (broad SMARTS) is 2. The molecule has 0 saturated carbocycles. The molecule has 32 heavy (non-hydrogen) atoms. The number of aromatic carboxylic acids is 2. The molecule has 8 heteroatoms. The van der Waals surface area contributed by atoms with Gasteiger partial charge in [0, 0.05) is 13.1 Å². The molecule has 0 saturated heterocycles. The van der Waals surface area contributed by atoms with Crippen molar-refractivity contribution in [2.24, 2.45) is 0 Å². The van der Waals surface area contributed by atoms with Crippen LogP contribution in [-0.4, -0.2) is 47.1 Å². The van der Waals surface area contributed by atoms with Gasteiger partial charge in [-0.05, 0) is 48.2 Å². The molecule has 0 aromatic heterocycles. The van der Waals surface area contributed by atoms with Gasteiger partial charge < -0.3 is 20.8 Å². The summed E-state index contributed by atoms with van der Waals surface area (Å²) < 4.78 is 0. The van der Waals surface area contributed by atoms with E-state index in [0.29, 0.717) is 24.2 Å². The fourth-order valence-corrected chi connectivity index (χ4v) is 3.14. The first kappa shape index (κ1) is 24.6. The molecule has 0 aliphatic heterocycles. The summed E-state index contributed by atoms with van der Waals surface area (Å²) in [5, 5.41) is 24.4. The van der Waals surface area contributed by atoms with Crippen molar-refractivity contribution in [2.75, 3.05) is 13.1 Å². The quantitative estimate of drug-likeness (QED) is 0.393. The van der Waals surface area contributed by atoms with E-state index in [9.17, 15) is 29.4 Å². The Labute approximate surface area is 186 Å². The molecular formula is C24H28N2O6. The van der Waals surface area contributed by atoms with Crippen LogP contribution in [0.3, 0.4) is 0 Å². The lowest BCUT2D eigenvalue weighted by Gasteiger charge is -2.12. The van der Waals surface area contributed by atoms with Crippen LogP contribution in [0.2, 0.25) is 0 Å². The van der Waals surface area contributed by atoms with Crippen LogP contribution < -0.4 is 10.6 Å². The van der Waals surface area contributed by atoms with Gasteiger partial charge in [-0.1, -0.05) is 38.8 Å². The van der Waals surface area contributed by atoms with Gasteiger partial charge in [-0.3, -0.25) is 9.59 Å². The van der Waals surface area contributed by atoms with Gasteiger partial charge in [-0.15, -0.1) is 0 Å². The molecule has 0 heterocycles. The molecule has 2 aromatic carbocycles. The SMILES string of the molecule is CCCCNC(=O)c1cc(-c2ccc(C(=O)O)c(C(=O)NCCCC)c2)ccc1C(=O)O. The van der Waals surface area contributed by atoms with E-state index in [1.807, 2.05) is 13.8 Å². The zero-order chi connectivity index (χ0) is 23.7. The molecule has 0 radical (unpaired) electrons. The van der Waals surface area contributed by atoms with E-state index in [1.165, 1.54) is 36.4 Å². The molecule has 0 fully saturated rings. The predicted molar refractivity (Wildman–Crippen MR) is 120 cm³/mol. The first-order valence-corrected chi connectivity index (χ1v) is 10.6. The minimum absolute atomic E-state index is 0.00219. The van der Waals surface area contributed by atoms with E-state index < -0.39 is 23.8 Å². The van der Waals surface area contributed by atoms with Crippen LogP contribution >= 0.6 is 0 Å². The Hall–Kier alpha value is -3.68. The van der Waals surface area contributed by atoms with Crippen molar-refractivity contribution in [2.45, 2.75) is 39.5 Å². The molecule has 8 nitrogen and oxygen atoms in total. The number of amides is 2. The van der Waals surface area contributed by atoms with Crippen LogP contribution in [0.1, 0.15) is 81.0 Å². The van der Waals surface area contributed by atoms with Crippen LogP contribution in [0.5, 0.6) is 0 Å². The molecule has 2 aromatic rings. The first-order chi connectivity index (χ1) is 15.3. The van der Waals surface area contributed by atoms with Crippen LogP contribution in [0.4, 0.5) is 0 Å². The largest absolute Gasteiger partial charge is 0.478 e. The van der Waals surface area contributed by atoms with E-state index in [0.717, 1.165) is 25.7 Å². The molecule has 0 unspecified atom stereocenters. The van der Waals surface area contributed by atoms with E-state index >= 15 is 0 Å². The molecular weight excluding hydrogens is 412 g/mol. The molecule has 0 aliphatic carbocycles. The number of hydrogen-bond donors (Lipinski definition) is 4. The molecule has 0 atom stereocenters. The third-order valence-electron chi connectivity index (χ3n) is 4.95. The van der Waals surface area contributed by atoms with Crippen molar-refractivity contribution >= 4 is 23.8 Å². The third kappa shape index (κ3) is 6.16. The summed E-state index contributed by atoms with van der Waals surface area (Å²) in [5.74, 6) is -3.46. The summed E-state index contributed by atoms with van der Waals surface area (Å²) >= 11 is 0. The van der Waals surface area contributed by atoms with Crippen LogP contribution in [0, 0.1) is 0 Å². The molecule has 170 valence electrons. The Bertz CT molecular complexity index is 934. The lowest BCUT2D eigenvalue weighted by molar-refractivity contribution is 0.0682. The summed E-state index contributed by atoms with van der Waals surface area (Å²) in [5.41, 5.74) is 0.722. The van der Waals surface area contributed by atoms with Crippen molar-refractivity contribution in [3.05, 3.63) is 58.7 Å². The molecule has 4 N–H and O–H groups in total. The second-order valence-corrected chi connectivity index (χ2v) is 7.35. The fourth-order valence-electron chi connectivity index (χ4n) is 3.14. The third-order valence-corrected chi connectivity index (χ3v) is 4.95. The maximum Gasteiger partial charge on any atom is 0.336 e. The number of benzene rings is 2. The van der Waals surface area contributed by atoms with Gasteiger partial charge in [-0.25, -0.2) is 9.59 Å². The molecule has 0 aliphatic rings. The number of rotatable bonds is 11. The van der Waals surface area contributed by atoms with Crippen LogP contribution in [0.15, 0.2) is 36.4 Å². The van der Waals surface area contributed by atoms with Gasteiger partial charge >= 0.3 is 11.9 Å². The molecule has 2 rings (SSSR count). The number of hydrogen-bond acceptors (Lipinski definition) is 4. The minimum Gasteiger partial charge on any atom is -0.478 e. The monoisotopic (exact) mass is 440 g/mol. The second-order valence-electron chi connectivity index (χ2n) is 7.35. The maximum absolute atomic E-state index is 12.6. The van der Waals surface area contributed by atoms with Gasteiger partial charge in [-0.2, -0.15) is 0 Å². The second kappa shape index (κ2) is 11.6. The zero-order valence-corrected chi connectivity index (χ0v) is 18.2. The lowest BCUT2D eigenvalue weighted by atomic mass is 9.95. The van der Waals surface area contributed by atoms with Crippen LogP contribution in [-0.2, 0) is 0 Å².